The van der Waals surface area contributed by atoms with Crippen molar-refractivity contribution >= 4 is 0 Å². The summed E-state index contributed by atoms with van der Waals surface area (Å²) in [5.74, 6) is 1.06. The molecule has 5 nitrogen and oxygen atoms in total. The molecule has 0 aromatic carbocycles. The van der Waals surface area contributed by atoms with Crippen molar-refractivity contribution in [1.82, 2.24) is 19.8 Å². The van der Waals surface area contributed by atoms with Crippen molar-refractivity contribution in [3.8, 4) is 0 Å². The standard InChI is InChI=1S/C14H24N4O/c1-2-7-17(6-1)10-13-11-18(8-3-9-19-13)12-14-15-4-5-16-14/h4-5,13H,1-3,6-12H2,(H,15,16)/t13-/m1/s1. The monoisotopic (exact) mass is 264 g/mol. The fourth-order valence-corrected chi connectivity index (χ4v) is 3.07. The maximum atomic E-state index is 6.00. The van der Waals surface area contributed by atoms with E-state index < -0.39 is 0 Å². The van der Waals surface area contributed by atoms with Gasteiger partial charge < -0.3 is 14.6 Å². The molecule has 1 atom stereocenters. The number of H-pyrrole nitrogens is 1. The zero-order chi connectivity index (χ0) is 12.9. The highest BCUT2D eigenvalue weighted by atomic mass is 16.5. The third-order valence-corrected chi connectivity index (χ3v) is 4.02. The normalized spacial score (nSPS) is 26.6. The highest BCUT2D eigenvalue weighted by molar-refractivity contribution is 4.88. The van der Waals surface area contributed by atoms with Crippen LogP contribution in [0.4, 0.5) is 0 Å². The van der Waals surface area contributed by atoms with Crippen molar-refractivity contribution < 1.29 is 4.74 Å². The van der Waals surface area contributed by atoms with E-state index >= 15 is 0 Å². The van der Waals surface area contributed by atoms with Crippen molar-refractivity contribution in [3.63, 3.8) is 0 Å². The van der Waals surface area contributed by atoms with Crippen molar-refractivity contribution in [3.05, 3.63) is 18.2 Å². The summed E-state index contributed by atoms with van der Waals surface area (Å²) in [6.45, 7) is 7.53. The van der Waals surface area contributed by atoms with Gasteiger partial charge in [0.1, 0.15) is 5.82 Å². The minimum Gasteiger partial charge on any atom is -0.376 e. The Bertz CT molecular complexity index is 362. The van der Waals surface area contributed by atoms with Crippen LogP contribution in [-0.4, -0.2) is 65.2 Å². The Hall–Kier alpha value is -0.910. The molecule has 5 heteroatoms. The summed E-state index contributed by atoms with van der Waals surface area (Å²) in [5.41, 5.74) is 0. The molecule has 19 heavy (non-hydrogen) atoms. The Morgan fingerprint density at radius 3 is 2.84 bits per heavy atom. The van der Waals surface area contributed by atoms with Gasteiger partial charge in [-0.25, -0.2) is 4.98 Å². The van der Waals surface area contributed by atoms with E-state index in [1.165, 1.54) is 25.9 Å². The predicted octanol–water partition coefficient (Wildman–Crippen LogP) is 1.10. The van der Waals surface area contributed by atoms with Crippen molar-refractivity contribution in [2.24, 2.45) is 0 Å². The van der Waals surface area contributed by atoms with Crippen LogP contribution in [0.2, 0.25) is 0 Å². The van der Waals surface area contributed by atoms with E-state index in [-0.39, 0.29) is 0 Å². The number of aromatic nitrogens is 2. The number of hydrogen-bond donors (Lipinski definition) is 1. The molecule has 0 saturated carbocycles. The Balaban J connectivity index is 1.53. The Morgan fingerprint density at radius 1 is 1.21 bits per heavy atom. The van der Waals surface area contributed by atoms with E-state index in [9.17, 15) is 0 Å². The summed E-state index contributed by atoms with van der Waals surface area (Å²) in [6, 6.07) is 0. The Labute approximate surface area is 114 Å². The molecule has 1 aromatic rings. The van der Waals surface area contributed by atoms with Crippen LogP contribution in [0.5, 0.6) is 0 Å². The summed E-state index contributed by atoms with van der Waals surface area (Å²) >= 11 is 0. The number of hydrogen-bond acceptors (Lipinski definition) is 4. The van der Waals surface area contributed by atoms with Gasteiger partial charge in [-0.3, -0.25) is 4.90 Å². The summed E-state index contributed by atoms with van der Waals surface area (Å²) in [6.07, 6.45) is 7.90. The summed E-state index contributed by atoms with van der Waals surface area (Å²) in [5, 5.41) is 0. The number of nitrogens with one attached hydrogen (secondary N) is 1. The van der Waals surface area contributed by atoms with E-state index in [0.29, 0.717) is 6.10 Å². The van der Waals surface area contributed by atoms with Crippen LogP contribution in [0.3, 0.4) is 0 Å². The smallest absolute Gasteiger partial charge is 0.120 e. The highest BCUT2D eigenvalue weighted by Crippen LogP contribution is 2.13. The second-order valence-corrected chi connectivity index (χ2v) is 5.63. The van der Waals surface area contributed by atoms with E-state index in [4.69, 9.17) is 4.74 Å². The lowest BCUT2D eigenvalue weighted by Crippen LogP contribution is -2.39. The maximum Gasteiger partial charge on any atom is 0.120 e. The first-order valence-electron chi connectivity index (χ1n) is 7.45. The molecule has 3 rings (SSSR count). The molecule has 106 valence electrons. The molecule has 1 N–H and O–H groups in total. The van der Waals surface area contributed by atoms with Crippen molar-refractivity contribution in [2.75, 3.05) is 39.3 Å². The van der Waals surface area contributed by atoms with E-state index in [1.807, 2.05) is 12.4 Å². The van der Waals surface area contributed by atoms with E-state index in [0.717, 1.165) is 45.0 Å². The average Bonchev–Trinajstić information content (AvgIpc) is 3.03. The molecule has 2 fully saturated rings. The quantitative estimate of drug-likeness (QED) is 0.884. The zero-order valence-corrected chi connectivity index (χ0v) is 11.6. The van der Waals surface area contributed by atoms with E-state index in [1.54, 1.807) is 0 Å². The third kappa shape index (κ3) is 3.78. The third-order valence-electron chi connectivity index (χ3n) is 4.02. The van der Waals surface area contributed by atoms with Crippen LogP contribution in [0.15, 0.2) is 12.4 Å². The first-order chi connectivity index (χ1) is 9.40. The second-order valence-electron chi connectivity index (χ2n) is 5.63. The molecule has 3 heterocycles. The molecular weight excluding hydrogens is 240 g/mol. The first kappa shape index (κ1) is 13.1. The Morgan fingerprint density at radius 2 is 2.05 bits per heavy atom. The molecule has 2 aliphatic heterocycles. The van der Waals surface area contributed by atoms with Gasteiger partial charge in [-0.05, 0) is 32.4 Å². The zero-order valence-electron chi connectivity index (χ0n) is 11.6. The lowest BCUT2D eigenvalue weighted by Gasteiger charge is -2.26. The largest absolute Gasteiger partial charge is 0.376 e. The van der Waals surface area contributed by atoms with Gasteiger partial charge in [0.25, 0.3) is 0 Å². The number of ether oxygens (including phenoxy) is 1. The van der Waals surface area contributed by atoms with Crippen LogP contribution in [0.25, 0.3) is 0 Å². The average molecular weight is 264 g/mol. The molecular formula is C14H24N4O. The van der Waals surface area contributed by atoms with Crippen LogP contribution >= 0.6 is 0 Å². The summed E-state index contributed by atoms with van der Waals surface area (Å²) in [4.78, 5) is 12.5. The molecule has 0 bridgehead atoms. The maximum absolute atomic E-state index is 6.00. The molecule has 0 aliphatic carbocycles. The van der Waals surface area contributed by atoms with Gasteiger partial charge in [0.2, 0.25) is 0 Å². The fraction of sp³-hybridized carbons (Fsp3) is 0.786. The van der Waals surface area contributed by atoms with Gasteiger partial charge in [-0.15, -0.1) is 0 Å². The summed E-state index contributed by atoms with van der Waals surface area (Å²) in [7, 11) is 0. The van der Waals surface area contributed by atoms with Crippen molar-refractivity contribution in [1.29, 1.82) is 0 Å². The van der Waals surface area contributed by atoms with Gasteiger partial charge in [-0.1, -0.05) is 0 Å². The lowest BCUT2D eigenvalue weighted by atomic mass is 10.3. The molecule has 0 spiro atoms. The van der Waals surface area contributed by atoms with Crippen LogP contribution in [-0.2, 0) is 11.3 Å². The van der Waals surface area contributed by atoms with Gasteiger partial charge in [0.15, 0.2) is 0 Å². The fourth-order valence-electron chi connectivity index (χ4n) is 3.07. The number of rotatable bonds is 4. The van der Waals surface area contributed by atoms with Crippen molar-refractivity contribution in [2.45, 2.75) is 31.9 Å². The van der Waals surface area contributed by atoms with E-state index in [2.05, 4.69) is 19.8 Å². The van der Waals surface area contributed by atoms with Gasteiger partial charge >= 0.3 is 0 Å². The van der Waals surface area contributed by atoms with Gasteiger partial charge in [-0.2, -0.15) is 0 Å². The number of nitrogens with zero attached hydrogens (tertiary/aromatic N) is 3. The first-order valence-corrected chi connectivity index (χ1v) is 7.45. The van der Waals surface area contributed by atoms with Crippen LogP contribution in [0.1, 0.15) is 25.1 Å². The lowest BCUT2D eigenvalue weighted by molar-refractivity contribution is 0.0305. The minimum absolute atomic E-state index is 0.357. The highest BCUT2D eigenvalue weighted by Gasteiger charge is 2.23. The van der Waals surface area contributed by atoms with Gasteiger partial charge in [0, 0.05) is 38.6 Å². The number of aromatic amines is 1. The molecule has 2 aliphatic rings. The SMILES string of the molecule is c1c[nH]c(CN2CCCO[C@H](CN3CCCC3)C2)n1. The second kappa shape index (κ2) is 6.50. The molecule has 2 saturated heterocycles. The minimum atomic E-state index is 0.357. The Kier molecular flexibility index (Phi) is 4.48. The topological polar surface area (TPSA) is 44.4 Å². The molecule has 1 aromatic heterocycles. The predicted molar refractivity (Wildman–Crippen MR) is 73.9 cm³/mol. The summed E-state index contributed by atoms with van der Waals surface area (Å²) < 4.78 is 6.00. The molecule has 0 unspecified atom stereocenters. The molecule has 0 radical (unpaired) electrons. The van der Waals surface area contributed by atoms with Crippen LogP contribution in [0, 0.1) is 0 Å². The number of imidazole rings is 1. The molecule has 0 amide bonds. The number of likely N-dealkylation sites (tertiary alicyclic amines) is 1. The van der Waals surface area contributed by atoms with Gasteiger partial charge in [0.05, 0.1) is 12.6 Å². The van der Waals surface area contributed by atoms with Crippen LogP contribution < -0.4 is 0 Å².